The van der Waals surface area contributed by atoms with E-state index in [1.54, 1.807) is 12.1 Å². The van der Waals surface area contributed by atoms with Crippen molar-refractivity contribution in [1.82, 2.24) is 9.80 Å². The SMILES string of the molecule is CCN(CC)CCCC(C)N1C(N)c2ccc(Cl)cc2N(Cc2cc(Br)ccc2F)C1N. The molecule has 2 aromatic carbocycles. The number of hydrogen-bond donors (Lipinski definition) is 2. The molecule has 0 saturated heterocycles. The summed E-state index contributed by atoms with van der Waals surface area (Å²) in [7, 11) is 0. The molecule has 3 unspecified atom stereocenters. The lowest BCUT2D eigenvalue weighted by Gasteiger charge is -2.49. The zero-order chi connectivity index (χ0) is 23.4. The quantitative estimate of drug-likeness (QED) is 0.466. The van der Waals surface area contributed by atoms with Gasteiger partial charge in [0, 0.05) is 38.9 Å². The Morgan fingerprint density at radius 3 is 2.56 bits per heavy atom. The van der Waals surface area contributed by atoms with Gasteiger partial charge in [0.2, 0.25) is 0 Å². The van der Waals surface area contributed by atoms with Gasteiger partial charge >= 0.3 is 0 Å². The van der Waals surface area contributed by atoms with Crippen molar-refractivity contribution in [2.24, 2.45) is 11.5 Å². The fourth-order valence-corrected chi connectivity index (χ4v) is 5.08. The summed E-state index contributed by atoms with van der Waals surface area (Å²) in [5, 5.41) is 0.601. The maximum atomic E-state index is 14.6. The Balaban J connectivity index is 1.88. The summed E-state index contributed by atoms with van der Waals surface area (Å²) in [6.45, 7) is 10.0. The third-order valence-electron chi connectivity index (χ3n) is 6.41. The number of anilines is 1. The Labute approximate surface area is 204 Å². The predicted molar refractivity (Wildman–Crippen MR) is 135 cm³/mol. The molecule has 0 spiro atoms. The summed E-state index contributed by atoms with van der Waals surface area (Å²) in [6.07, 6.45) is 1.18. The van der Waals surface area contributed by atoms with E-state index in [9.17, 15) is 4.39 Å². The molecule has 1 heterocycles. The van der Waals surface area contributed by atoms with Gasteiger partial charge in [-0.15, -0.1) is 0 Å². The van der Waals surface area contributed by atoms with Crippen LogP contribution in [0.25, 0.3) is 0 Å². The molecule has 32 heavy (non-hydrogen) atoms. The average Bonchev–Trinajstić information content (AvgIpc) is 2.76. The molecular weight excluding hydrogens is 493 g/mol. The molecule has 0 aliphatic carbocycles. The molecular formula is C24H34BrClFN5. The maximum Gasteiger partial charge on any atom is 0.136 e. The van der Waals surface area contributed by atoms with E-state index in [1.165, 1.54) is 6.07 Å². The Kier molecular flexibility index (Phi) is 8.95. The average molecular weight is 527 g/mol. The van der Waals surface area contributed by atoms with Gasteiger partial charge < -0.3 is 15.5 Å². The van der Waals surface area contributed by atoms with E-state index in [0.717, 1.165) is 48.2 Å². The first kappa shape index (κ1) is 25.4. The normalized spacial score (nSPS) is 20.0. The van der Waals surface area contributed by atoms with Crippen LogP contribution in [0.15, 0.2) is 40.9 Å². The molecule has 0 radical (unpaired) electrons. The van der Waals surface area contributed by atoms with Gasteiger partial charge in [0.15, 0.2) is 0 Å². The van der Waals surface area contributed by atoms with Crippen LogP contribution in [-0.2, 0) is 6.54 Å². The molecule has 2 aromatic rings. The van der Waals surface area contributed by atoms with Gasteiger partial charge in [-0.05, 0) is 69.7 Å². The number of nitrogens with zero attached hydrogens (tertiary/aromatic N) is 3. The zero-order valence-electron chi connectivity index (χ0n) is 19.1. The van der Waals surface area contributed by atoms with Crippen LogP contribution in [0.4, 0.5) is 10.1 Å². The van der Waals surface area contributed by atoms with Crippen molar-refractivity contribution in [3.8, 4) is 0 Å². The van der Waals surface area contributed by atoms with Crippen LogP contribution < -0.4 is 16.4 Å². The van der Waals surface area contributed by atoms with Crippen LogP contribution in [0.2, 0.25) is 5.02 Å². The van der Waals surface area contributed by atoms with Crippen molar-refractivity contribution in [2.45, 2.75) is 58.7 Å². The number of nitrogens with two attached hydrogens (primary N) is 2. The molecule has 1 aliphatic rings. The van der Waals surface area contributed by atoms with Crippen molar-refractivity contribution in [1.29, 1.82) is 0 Å². The van der Waals surface area contributed by atoms with Crippen molar-refractivity contribution in [3.63, 3.8) is 0 Å². The smallest absolute Gasteiger partial charge is 0.136 e. The fourth-order valence-electron chi connectivity index (χ4n) is 4.51. The lowest BCUT2D eigenvalue weighted by atomic mass is 10.0. The summed E-state index contributed by atoms with van der Waals surface area (Å²) in [5.41, 5.74) is 15.9. The minimum Gasteiger partial charge on any atom is -0.339 e. The third-order valence-corrected chi connectivity index (χ3v) is 7.14. The van der Waals surface area contributed by atoms with Gasteiger partial charge in [-0.2, -0.15) is 0 Å². The van der Waals surface area contributed by atoms with Gasteiger partial charge in [-0.25, -0.2) is 9.29 Å². The number of hydrogen-bond acceptors (Lipinski definition) is 5. The number of rotatable bonds is 9. The van der Waals surface area contributed by atoms with Crippen LogP contribution in [0, 0.1) is 5.82 Å². The van der Waals surface area contributed by atoms with Crippen molar-refractivity contribution < 1.29 is 4.39 Å². The molecule has 176 valence electrons. The standard InChI is InChI=1S/C24H34BrClFN5/c1-4-30(5-2)12-6-7-16(3)32-23(28)20-10-9-19(26)14-22(20)31(24(32)29)15-17-13-18(25)8-11-21(17)27/h8-11,13-14,16,23-24H,4-7,12,15,28-29H2,1-3H3. The highest BCUT2D eigenvalue weighted by Gasteiger charge is 2.38. The number of benzene rings is 2. The van der Waals surface area contributed by atoms with Crippen molar-refractivity contribution >= 4 is 33.2 Å². The molecule has 0 saturated carbocycles. The van der Waals surface area contributed by atoms with Gasteiger partial charge in [-0.1, -0.05) is 47.4 Å². The molecule has 0 amide bonds. The van der Waals surface area contributed by atoms with E-state index in [2.05, 4.69) is 46.5 Å². The molecule has 1 aliphatic heterocycles. The lowest BCUT2D eigenvalue weighted by molar-refractivity contribution is 0.0690. The van der Waals surface area contributed by atoms with Crippen molar-refractivity contribution in [3.05, 3.63) is 62.8 Å². The third kappa shape index (κ3) is 5.64. The van der Waals surface area contributed by atoms with Gasteiger partial charge in [-0.3, -0.25) is 5.73 Å². The van der Waals surface area contributed by atoms with E-state index in [4.69, 9.17) is 23.1 Å². The summed E-state index contributed by atoms with van der Waals surface area (Å²) >= 11 is 9.76. The Hall–Kier alpha value is -1.22. The maximum absolute atomic E-state index is 14.6. The second kappa shape index (κ2) is 11.3. The Morgan fingerprint density at radius 1 is 1.16 bits per heavy atom. The predicted octanol–water partition coefficient (Wildman–Crippen LogP) is 5.27. The summed E-state index contributed by atoms with van der Waals surface area (Å²) in [5.74, 6) is -0.266. The van der Waals surface area contributed by atoms with Crippen LogP contribution in [0.5, 0.6) is 0 Å². The Bertz CT molecular complexity index is 910. The zero-order valence-corrected chi connectivity index (χ0v) is 21.4. The first-order valence-electron chi connectivity index (χ1n) is 11.3. The highest BCUT2D eigenvalue weighted by molar-refractivity contribution is 9.10. The van der Waals surface area contributed by atoms with E-state index in [0.29, 0.717) is 17.1 Å². The molecule has 3 rings (SSSR count). The van der Waals surface area contributed by atoms with E-state index < -0.39 is 6.29 Å². The largest absolute Gasteiger partial charge is 0.339 e. The topological polar surface area (TPSA) is 61.8 Å². The second-order valence-electron chi connectivity index (χ2n) is 8.39. The Morgan fingerprint density at radius 2 is 1.88 bits per heavy atom. The first-order chi connectivity index (χ1) is 15.3. The molecule has 5 nitrogen and oxygen atoms in total. The lowest BCUT2D eigenvalue weighted by Crippen LogP contribution is -2.62. The summed E-state index contributed by atoms with van der Waals surface area (Å²) in [6, 6.07) is 10.8. The van der Waals surface area contributed by atoms with Crippen LogP contribution in [0.1, 0.15) is 50.9 Å². The summed E-state index contributed by atoms with van der Waals surface area (Å²) in [4.78, 5) is 6.55. The van der Waals surface area contributed by atoms with E-state index in [1.807, 2.05) is 23.1 Å². The summed E-state index contributed by atoms with van der Waals surface area (Å²) < 4.78 is 15.4. The fraction of sp³-hybridized carbons (Fsp3) is 0.500. The molecule has 0 bridgehead atoms. The van der Waals surface area contributed by atoms with Crippen LogP contribution in [0.3, 0.4) is 0 Å². The van der Waals surface area contributed by atoms with Gasteiger partial charge in [0.25, 0.3) is 0 Å². The van der Waals surface area contributed by atoms with E-state index >= 15 is 0 Å². The van der Waals surface area contributed by atoms with Crippen LogP contribution >= 0.6 is 27.5 Å². The van der Waals surface area contributed by atoms with Crippen molar-refractivity contribution in [2.75, 3.05) is 24.5 Å². The monoisotopic (exact) mass is 525 g/mol. The highest BCUT2D eigenvalue weighted by atomic mass is 79.9. The number of fused-ring (bicyclic) bond motifs is 1. The van der Waals surface area contributed by atoms with Crippen LogP contribution in [-0.4, -0.2) is 41.8 Å². The van der Waals surface area contributed by atoms with E-state index in [-0.39, 0.29) is 18.0 Å². The van der Waals surface area contributed by atoms with Gasteiger partial charge in [0.05, 0.1) is 6.17 Å². The molecule has 0 aromatic heterocycles. The highest BCUT2D eigenvalue weighted by Crippen LogP contribution is 2.39. The molecule has 8 heteroatoms. The molecule has 0 fully saturated rings. The first-order valence-corrected chi connectivity index (χ1v) is 12.4. The number of halogens is 3. The van der Waals surface area contributed by atoms with Gasteiger partial charge in [0.1, 0.15) is 12.1 Å². The second-order valence-corrected chi connectivity index (χ2v) is 9.74. The minimum absolute atomic E-state index is 0.161. The molecule has 4 N–H and O–H groups in total. The minimum atomic E-state index is -0.502. The molecule has 3 atom stereocenters.